The van der Waals surface area contributed by atoms with Crippen molar-refractivity contribution in [2.24, 2.45) is 0 Å². The molecule has 8 heteroatoms. The number of hydrogen-bond acceptors (Lipinski definition) is 3. The van der Waals surface area contributed by atoms with Crippen LogP contribution in [0.3, 0.4) is 0 Å². The summed E-state index contributed by atoms with van der Waals surface area (Å²) >= 11 is 0. The van der Waals surface area contributed by atoms with Crippen LogP contribution in [0.2, 0.25) is 0 Å². The van der Waals surface area contributed by atoms with Crippen molar-refractivity contribution in [2.45, 2.75) is 25.9 Å². The molecule has 1 atom stereocenters. The van der Waals surface area contributed by atoms with Gasteiger partial charge in [0.05, 0.1) is 11.8 Å². The lowest BCUT2D eigenvalue weighted by Gasteiger charge is -2.22. The maximum atomic E-state index is 13.8. The van der Waals surface area contributed by atoms with Crippen molar-refractivity contribution in [3.05, 3.63) is 29.6 Å². The van der Waals surface area contributed by atoms with E-state index in [4.69, 9.17) is 4.74 Å². The summed E-state index contributed by atoms with van der Waals surface area (Å²) in [4.78, 5) is 24.3. The molecule has 0 aliphatic carbocycles. The molecule has 1 saturated heterocycles. The molecule has 5 nitrogen and oxygen atoms in total. The van der Waals surface area contributed by atoms with Crippen molar-refractivity contribution in [1.29, 1.82) is 0 Å². The average molecular weight is 330 g/mol. The van der Waals surface area contributed by atoms with Gasteiger partial charge in [-0.15, -0.1) is 0 Å². The van der Waals surface area contributed by atoms with Crippen LogP contribution in [0.4, 0.5) is 18.9 Å². The highest BCUT2D eigenvalue weighted by molar-refractivity contribution is 5.97. The van der Waals surface area contributed by atoms with Gasteiger partial charge in [-0.2, -0.15) is 0 Å². The minimum Gasteiger partial charge on any atom is -0.376 e. The van der Waals surface area contributed by atoms with Crippen molar-refractivity contribution < 1.29 is 27.5 Å². The average Bonchev–Trinajstić information content (AvgIpc) is 3.02. The van der Waals surface area contributed by atoms with Gasteiger partial charge in [0.15, 0.2) is 17.5 Å². The molecule has 1 heterocycles. The van der Waals surface area contributed by atoms with E-state index in [9.17, 15) is 22.8 Å². The Bertz CT molecular complexity index is 604. The number of ether oxygens (including phenoxy) is 1. The van der Waals surface area contributed by atoms with Gasteiger partial charge in [0.25, 0.3) is 0 Å². The lowest BCUT2D eigenvalue weighted by Crippen LogP contribution is -2.42. The van der Waals surface area contributed by atoms with E-state index in [-0.39, 0.29) is 12.6 Å². The molecule has 0 aromatic heterocycles. The highest BCUT2D eigenvalue weighted by Gasteiger charge is 2.23. The topological polar surface area (TPSA) is 58.6 Å². The molecule has 1 fully saturated rings. The van der Waals surface area contributed by atoms with Crippen LogP contribution in [-0.4, -0.2) is 37.6 Å². The summed E-state index contributed by atoms with van der Waals surface area (Å²) in [5.74, 6) is -5.76. The van der Waals surface area contributed by atoms with Gasteiger partial charge >= 0.3 is 0 Å². The van der Waals surface area contributed by atoms with Crippen molar-refractivity contribution in [3.8, 4) is 0 Å². The number of anilines is 1. The van der Waals surface area contributed by atoms with E-state index in [0.29, 0.717) is 12.7 Å². The molecular formula is C15H17F3N2O3. The van der Waals surface area contributed by atoms with E-state index in [1.807, 2.05) is 0 Å². The van der Waals surface area contributed by atoms with E-state index in [0.717, 1.165) is 30.7 Å². The van der Waals surface area contributed by atoms with Gasteiger partial charge in [0, 0.05) is 20.1 Å². The van der Waals surface area contributed by atoms with Gasteiger partial charge in [-0.25, -0.2) is 13.2 Å². The number of carbonyl (C=O) groups excluding carboxylic acids is 2. The first-order valence-corrected chi connectivity index (χ1v) is 7.20. The van der Waals surface area contributed by atoms with E-state index in [2.05, 4.69) is 5.32 Å². The molecule has 1 aliphatic heterocycles. The number of hydrogen-bond donors (Lipinski definition) is 1. The fourth-order valence-corrected chi connectivity index (χ4v) is 2.32. The van der Waals surface area contributed by atoms with Crippen LogP contribution in [0.25, 0.3) is 0 Å². The van der Waals surface area contributed by atoms with E-state index in [1.54, 1.807) is 0 Å². The molecule has 0 bridgehead atoms. The van der Waals surface area contributed by atoms with Crippen LogP contribution < -0.4 is 10.2 Å². The largest absolute Gasteiger partial charge is 0.376 e. The lowest BCUT2D eigenvalue weighted by molar-refractivity contribution is -0.123. The number of amides is 2. The number of rotatable bonds is 5. The quantitative estimate of drug-likeness (QED) is 0.837. The second-order valence-electron chi connectivity index (χ2n) is 5.24. The molecule has 1 N–H and O–H groups in total. The minimum absolute atomic E-state index is 0.0790. The van der Waals surface area contributed by atoms with Crippen molar-refractivity contribution in [2.75, 3.05) is 24.6 Å². The van der Waals surface area contributed by atoms with E-state index < -0.39 is 41.5 Å². The number of nitrogens with zero attached hydrogens (tertiary/aromatic N) is 1. The predicted molar refractivity (Wildman–Crippen MR) is 76.3 cm³/mol. The second kappa shape index (κ2) is 7.45. The highest BCUT2D eigenvalue weighted by atomic mass is 19.2. The van der Waals surface area contributed by atoms with Crippen molar-refractivity contribution in [3.63, 3.8) is 0 Å². The summed E-state index contributed by atoms with van der Waals surface area (Å²) in [6.45, 7) is 1.53. The van der Waals surface area contributed by atoms with Gasteiger partial charge < -0.3 is 15.0 Å². The molecule has 1 unspecified atom stereocenters. The monoisotopic (exact) mass is 330 g/mol. The SMILES string of the molecule is CC(=O)N(CC(=O)NCC1CCCO1)c1ccc(F)c(F)c1F. The summed E-state index contributed by atoms with van der Waals surface area (Å²) in [6.07, 6.45) is 1.67. The summed E-state index contributed by atoms with van der Waals surface area (Å²) in [6, 6.07) is 1.62. The van der Waals surface area contributed by atoms with Gasteiger partial charge in [0.2, 0.25) is 11.8 Å². The predicted octanol–water partition coefficient (Wildman–Crippen LogP) is 1.75. The number of halogens is 3. The first-order valence-electron chi connectivity index (χ1n) is 7.20. The Kier molecular flexibility index (Phi) is 5.59. The molecule has 2 rings (SSSR count). The Labute approximate surface area is 131 Å². The normalized spacial score (nSPS) is 17.1. The van der Waals surface area contributed by atoms with Gasteiger partial charge in [-0.3, -0.25) is 9.59 Å². The molecule has 2 amide bonds. The van der Waals surface area contributed by atoms with Gasteiger partial charge in [0.1, 0.15) is 6.54 Å². The Morgan fingerprint density at radius 1 is 1.30 bits per heavy atom. The Morgan fingerprint density at radius 2 is 2.04 bits per heavy atom. The summed E-state index contributed by atoms with van der Waals surface area (Å²) < 4.78 is 45.4. The molecule has 0 spiro atoms. The number of benzene rings is 1. The molecule has 0 saturated carbocycles. The standard InChI is InChI=1S/C15H17F3N2O3/c1-9(21)20(12-5-4-11(16)14(17)15(12)18)8-13(22)19-7-10-3-2-6-23-10/h4-5,10H,2-3,6-8H2,1H3,(H,19,22). The second-order valence-corrected chi connectivity index (χ2v) is 5.24. The summed E-state index contributed by atoms with van der Waals surface area (Å²) in [7, 11) is 0. The Morgan fingerprint density at radius 3 is 2.65 bits per heavy atom. The first-order chi connectivity index (χ1) is 10.9. The van der Waals surface area contributed by atoms with E-state index >= 15 is 0 Å². The third-order valence-electron chi connectivity index (χ3n) is 3.54. The molecule has 0 radical (unpaired) electrons. The zero-order chi connectivity index (χ0) is 17.0. The van der Waals surface area contributed by atoms with Crippen LogP contribution >= 0.6 is 0 Å². The minimum atomic E-state index is -1.69. The lowest BCUT2D eigenvalue weighted by atomic mass is 10.2. The van der Waals surface area contributed by atoms with Crippen LogP contribution in [0.15, 0.2) is 12.1 Å². The highest BCUT2D eigenvalue weighted by Crippen LogP contribution is 2.23. The summed E-state index contributed by atoms with van der Waals surface area (Å²) in [5, 5.41) is 2.58. The fourth-order valence-electron chi connectivity index (χ4n) is 2.32. The third kappa shape index (κ3) is 4.22. The molecular weight excluding hydrogens is 313 g/mol. The molecule has 23 heavy (non-hydrogen) atoms. The maximum absolute atomic E-state index is 13.8. The zero-order valence-electron chi connectivity index (χ0n) is 12.6. The maximum Gasteiger partial charge on any atom is 0.240 e. The molecule has 126 valence electrons. The molecule has 1 aromatic rings. The summed E-state index contributed by atoms with van der Waals surface area (Å²) in [5.41, 5.74) is -0.483. The Hall–Kier alpha value is -2.09. The van der Waals surface area contributed by atoms with E-state index in [1.165, 1.54) is 0 Å². The zero-order valence-corrected chi connectivity index (χ0v) is 12.6. The fraction of sp³-hybridized carbons (Fsp3) is 0.467. The Balaban J connectivity index is 2.05. The van der Waals surface area contributed by atoms with Gasteiger partial charge in [-0.05, 0) is 25.0 Å². The first kappa shape index (κ1) is 17.3. The smallest absolute Gasteiger partial charge is 0.240 e. The van der Waals surface area contributed by atoms with Crippen LogP contribution in [0.1, 0.15) is 19.8 Å². The van der Waals surface area contributed by atoms with Crippen LogP contribution in [-0.2, 0) is 14.3 Å². The van der Waals surface area contributed by atoms with Crippen molar-refractivity contribution in [1.82, 2.24) is 5.32 Å². The third-order valence-corrected chi connectivity index (χ3v) is 3.54. The van der Waals surface area contributed by atoms with Crippen LogP contribution in [0.5, 0.6) is 0 Å². The molecule has 1 aliphatic rings. The van der Waals surface area contributed by atoms with Crippen LogP contribution in [0, 0.1) is 17.5 Å². The van der Waals surface area contributed by atoms with Gasteiger partial charge in [-0.1, -0.05) is 0 Å². The van der Waals surface area contributed by atoms with Crippen molar-refractivity contribution >= 4 is 17.5 Å². The number of carbonyl (C=O) groups is 2. The molecule has 1 aromatic carbocycles. The number of nitrogens with one attached hydrogen (secondary N) is 1.